The van der Waals surface area contributed by atoms with Crippen LogP contribution in [0.3, 0.4) is 0 Å². The molecule has 0 saturated carbocycles. The molecule has 1 aromatic carbocycles. The minimum atomic E-state index is -0.790. The average Bonchev–Trinajstić information content (AvgIpc) is 2.31. The largest absolute Gasteiger partial charge is 0.339 e. The summed E-state index contributed by atoms with van der Waals surface area (Å²) >= 11 is 0. The van der Waals surface area contributed by atoms with Gasteiger partial charge < -0.3 is 5.32 Å². The van der Waals surface area contributed by atoms with E-state index in [9.17, 15) is 19.3 Å². The third kappa shape index (κ3) is 2.83. The van der Waals surface area contributed by atoms with Gasteiger partial charge in [-0.3, -0.25) is 14.9 Å². The first-order valence-corrected chi connectivity index (χ1v) is 5.08. The molecular formula is C12H11FN2O3. The Hall–Kier alpha value is -2.42. The molecule has 0 fully saturated rings. The summed E-state index contributed by atoms with van der Waals surface area (Å²) in [6, 6.07) is 1.37. The van der Waals surface area contributed by atoms with Gasteiger partial charge in [-0.05, 0) is 19.4 Å². The van der Waals surface area contributed by atoms with E-state index >= 15 is 0 Å². The third-order valence-electron chi connectivity index (χ3n) is 2.29. The first kappa shape index (κ1) is 13.6. The quantitative estimate of drug-likeness (QED) is 0.505. The predicted molar refractivity (Wildman–Crippen MR) is 63.6 cm³/mol. The SMILES string of the molecule is C#CC(C)NC(=O)c1cc([N+](=O)[O-])cc(C)c1F. The fourth-order valence-electron chi connectivity index (χ4n) is 1.34. The molecule has 0 spiro atoms. The van der Waals surface area contributed by atoms with Gasteiger partial charge >= 0.3 is 0 Å². The summed E-state index contributed by atoms with van der Waals surface area (Å²) in [5, 5.41) is 13.0. The van der Waals surface area contributed by atoms with Crippen LogP contribution in [0.25, 0.3) is 0 Å². The number of nitrogens with one attached hydrogen (secondary N) is 1. The lowest BCUT2D eigenvalue weighted by Gasteiger charge is -2.09. The minimum Gasteiger partial charge on any atom is -0.339 e. The Labute approximate surface area is 103 Å². The van der Waals surface area contributed by atoms with Gasteiger partial charge in [0.05, 0.1) is 16.5 Å². The summed E-state index contributed by atoms with van der Waals surface area (Å²) in [5.74, 6) is 0.686. The van der Waals surface area contributed by atoms with E-state index in [4.69, 9.17) is 6.42 Å². The topological polar surface area (TPSA) is 72.2 Å². The maximum Gasteiger partial charge on any atom is 0.270 e. The van der Waals surface area contributed by atoms with Crippen molar-refractivity contribution in [2.75, 3.05) is 0 Å². The van der Waals surface area contributed by atoms with Crippen LogP contribution < -0.4 is 5.32 Å². The van der Waals surface area contributed by atoms with Crippen LogP contribution in [0.2, 0.25) is 0 Å². The number of halogens is 1. The molecule has 0 aliphatic rings. The first-order valence-electron chi connectivity index (χ1n) is 5.08. The average molecular weight is 250 g/mol. The Morgan fingerprint density at radius 2 is 2.22 bits per heavy atom. The number of carbonyl (C=O) groups is 1. The van der Waals surface area contributed by atoms with Gasteiger partial charge in [0, 0.05) is 12.1 Å². The van der Waals surface area contributed by atoms with Crippen molar-refractivity contribution in [1.29, 1.82) is 0 Å². The first-order chi connectivity index (χ1) is 8.36. The Bertz CT molecular complexity index is 549. The molecule has 0 aliphatic carbocycles. The highest BCUT2D eigenvalue weighted by atomic mass is 19.1. The van der Waals surface area contributed by atoms with Crippen molar-refractivity contribution in [1.82, 2.24) is 5.32 Å². The molecule has 0 radical (unpaired) electrons. The molecule has 18 heavy (non-hydrogen) atoms. The molecule has 6 heteroatoms. The van der Waals surface area contributed by atoms with Gasteiger partial charge in [0.1, 0.15) is 5.82 Å². The van der Waals surface area contributed by atoms with E-state index in [-0.39, 0.29) is 16.8 Å². The van der Waals surface area contributed by atoms with E-state index in [0.29, 0.717) is 0 Å². The predicted octanol–water partition coefficient (Wildman–Crippen LogP) is 1.79. The summed E-state index contributed by atoms with van der Waals surface area (Å²) in [5.41, 5.74) is -0.695. The highest BCUT2D eigenvalue weighted by molar-refractivity contribution is 5.95. The fraction of sp³-hybridized carbons (Fsp3) is 0.250. The van der Waals surface area contributed by atoms with E-state index in [2.05, 4.69) is 11.2 Å². The molecule has 0 bridgehead atoms. The number of amides is 1. The molecule has 0 saturated heterocycles. The smallest absolute Gasteiger partial charge is 0.270 e. The Morgan fingerprint density at radius 3 is 2.72 bits per heavy atom. The number of terminal acetylenes is 1. The Balaban J connectivity index is 3.19. The van der Waals surface area contributed by atoms with Crippen LogP contribution in [0.4, 0.5) is 10.1 Å². The molecule has 1 rings (SSSR count). The number of nitro benzene ring substituents is 1. The number of hydrogen-bond donors (Lipinski definition) is 1. The maximum atomic E-state index is 13.7. The number of nitro groups is 1. The van der Waals surface area contributed by atoms with E-state index in [0.717, 1.165) is 12.1 Å². The summed E-state index contributed by atoms with van der Waals surface area (Å²) in [4.78, 5) is 21.6. The second-order valence-electron chi connectivity index (χ2n) is 3.74. The molecule has 1 N–H and O–H groups in total. The second-order valence-corrected chi connectivity index (χ2v) is 3.74. The van der Waals surface area contributed by atoms with Gasteiger partial charge in [0.2, 0.25) is 0 Å². The highest BCUT2D eigenvalue weighted by Crippen LogP contribution is 2.21. The molecule has 0 aromatic heterocycles. The van der Waals surface area contributed by atoms with Gasteiger partial charge in [0.15, 0.2) is 0 Å². The lowest BCUT2D eigenvalue weighted by Crippen LogP contribution is -2.32. The van der Waals surface area contributed by atoms with Crippen molar-refractivity contribution in [3.8, 4) is 12.3 Å². The number of rotatable bonds is 3. The van der Waals surface area contributed by atoms with Crippen molar-refractivity contribution in [2.24, 2.45) is 0 Å². The van der Waals surface area contributed by atoms with Crippen LogP contribution in [0.5, 0.6) is 0 Å². The molecule has 5 nitrogen and oxygen atoms in total. The zero-order chi connectivity index (χ0) is 13.9. The number of non-ortho nitro benzene ring substituents is 1. The molecule has 0 aliphatic heterocycles. The maximum absolute atomic E-state index is 13.7. The number of benzene rings is 1. The lowest BCUT2D eigenvalue weighted by atomic mass is 10.1. The van der Waals surface area contributed by atoms with Crippen LogP contribution in [0, 0.1) is 35.2 Å². The number of aryl methyl sites for hydroxylation is 1. The van der Waals surface area contributed by atoms with Gasteiger partial charge in [-0.15, -0.1) is 6.42 Å². The van der Waals surface area contributed by atoms with E-state index < -0.39 is 22.7 Å². The van der Waals surface area contributed by atoms with Crippen LogP contribution >= 0.6 is 0 Å². The molecule has 1 aromatic rings. The van der Waals surface area contributed by atoms with E-state index in [1.807, 2.05) is 0 Å². The number of carbonyl (C=O) groups excluding carboxylic acids is 1. The third-order valence-corrected chi connectivity index (χ3v) is 2.29. The molecule has 1 atom stereocenters. The van der Waals surface area contributed by atoms with Crippen molar-refractivity contribution in [2.45, 2.75) is 19.9 Å². The fourth-order valence-corrected chi connectivity index (χ4v) is 1.34. The summed E-state index contributed by atoms with van der Waals surface area (Å²) in [7, 11) is 0. The van der Waals surface area contributed by atoms with Crippen molar-refractivity contribution >= 4 is 11.6 Å². The molecular weight excluding hydrogens is 239 g/mol. The zero-order valence-corrected chi connectivity index (χ0v) is 9.86. The monoisotopic (exact) mass is 250 g/mol. The van der Waals surface area contributed by atoms with Crippen molar-refractivity contribution in [3.05, 3.63) is 39.2 Å². The second kappa shape index (κ2) is 5.27. The van der Waals surface area contributed by atoms with Gasteiger partial charge in [-0.1, -0.05) is 5.92 Å². The summed E-state index contributed by atoms with van der Waals surface area (Å²) in [6.07, 6.45) is 5.08. The summed E-state index contributed by atoms with van der Waals surface area (Å²) in [6.45, 7) is 2.89. The minimum absolute atomic E-state index is 0.0303. The standard InChI is InChI=1S/C12H11FN2O3/c1-4-8(3)14-12(16)10-6-9(15(17)18)5-7(2)11(10)13/h1,5-6,8H,2-3H3,(H,14,16). The summed E-state index contributed by atoms with van der Waals surface area (Å²) < 4.78 is 13.7. The molecule has 94 valence electrons. The van der Waals surface area contributed by atoms with Crippen LogP contribution in [-0.4, -0.2) is 16.9 Å². The zero-order valence-electron chi connectivity index (χ0n) is 9.86. The van der Waals surface area contributed by atoms with E-state index in [1.54, 1.807) is 6.92 Å². The van der Waals surface area contributed by atoms with Gasteiger partial charge in [0.25, 0.3) is 11.6 Å². The number of hydrogen-bond acceptors (Lipinski definition) is 3. The van der Waals surface area contributed by atoms with Crippen molar-refractivity contribution < 1.29 is 14.1 Å². The lowest BCUT2D eigenvalue weighted by molar-refractivity contribution is -0.385. The molecule has 1 amide bonds. The number of nitrogens with zero attached hydrogens (tertiary/aromatic N) is 1. The Kier molecular flexibility index (Phi) is 4.00. The molecule has 0 heterocycles. The van der Waals surface area contributed by atoms with Crippen LogP contribution in [0.15, 0.2) is 12.1 Å². The van der Waals surface area contributed by atoms with E-state index in [1.165, 1.54) is 6.92 Å². The van der Waals surface area contributed by atoms with Gasteiger partial charge in [-0.2, -0.15) is 0 Å². The Morgan fingerprint density at radius 1 is 1.61 bits per heavy atom. The van der Waals surface area contributed by atoms with Gasteiger partial charge in [-0.25, -0.2) is 4.39 Å². The van der Waals surface area contributed by atoms with Crippen LogP contribution in [-0.2, 0) is 0 Å². The normalized spacial score (nSPS) is 11.4. The highest BCUT2D eigenvalue weighted by Gasteiger charge is 2.20. The van der Waals surface area contributed by atoms with Crippen LogP contribution in [0.1, 0.15) is 22.8 Å². The van der Waals surface area contributed by atoms with Crippen molar-refractivity contribution in [3.63, 3.8) is 0 Å². The molecule has 1 unspecified atom stereocenters.